The van der Waals surface area contributed by atoms with E-state index in [0.29, 0.717) is 6.42 Å². The first-order chi connectivity index (χ1) is 11.9. The van der Waals surface area contributed by atoms with Crippen molar-refractivity contribution in [3.8, 4) is 0 Å². The Bertz CT molecular complexity index is 919. The highest BCUT2D eigenvalue weighted by molar-refractivity contribution is 5.92. The van der Waals surface area contributed by atoms with E-state index in [-0.39, 0.29) is 11.9 Å². The van der Waals surface area contributed by atoms with Crippen molar-refractivity contribution >= 4 is 16.8 Å². The van der Waals surface area contributed by atoms with Gasteiger partial charge in [0, 0.05) is 28.5 Å². The van der Waals surface area contributed by atoms with E-state index in [1.54, 1.807) is 6.20 Å². The number of aromatic amines is 2. The molecule has 132 valence electrons. The molecule has 5 nitrogen and oxygen atoms in total. The van der Waals surface area contributed by atoms with Gasteiger partial charge in [-0.2, -0.15) is 0 Å². The number of rotatable bonds is 5. The number of H-pyrrole nitrogens is 2. The average Bonchev–Trinajstić information content (AvgIpc) is 3.10. The van der Waals surface area contributed by atoms with Crippen LogP contribution in [0.4, 0.5) is 0 Å². The molecule has 2 aromatic heterocycles. The molecule has 0 aliphatic carbocycles. The molecule has 3 aromatic rings. The van der Waals surface area contributed by atoms with Crippen molar-refractivity contribution in [2.75, 3.05) is 0 Å². The molecule has 3 rings (SSSR count). The molecule has 0 aliphatic rings. The Morgan fingerprint density at radius 1 is 1.20 bits per heavy atom. The van der Waals surface area contributed by atoms with Gasteiger partial charge in [-0.25, -0.2) is 4.98 Å². The third kappa shape index (κ3) is 3.45. The van der Waals surface area contributed by atoms with Crippen molar-refractivity contribution in [1.29, 1.82) is 0 Å². The molecule has 1 atom stereocenters. The van der Waals surface area contributed by atoms with Crippen LogP contribution in [0.15, 0.2) is 18.3 Å². The lowest BCUT2D eigenvalue weighted by Gasteiger charge is -2.15. The maximum Gasteiger partial charge on any atom is 0.225 e. The summed E-state index contributed by atoms with van der Waals surface area (Å²) < 4.78 is 0. The fourth-order valence-corrected chi connectivity index (χ4v) is 3.44. The van der Waals surface area contributed by atoms with Gasteiger partial charge in [0.2, 0.25) is 5.91 Å². The smallest absolute Gasteiger partial charge is 0.225 e. The number of amides is 1. The molecular weight excluding hydrogens is 312 g/mol. The number of nitrogens with one attached hydrogen (secondary N) is 3. The number of hydrogen-bond donors (Lipinski definition) is 3. The average molecular weight is 338 g/mol. The van der Waals surface area contributed by atoms with Gasteiger partial charge < -0.3 is 15.3 Å². The molecule has 0 spiro atoms. The summed E-state index contributed by atoms with van der Waals surface area (Å²) >= 11 is 0. The molecule has 0 bridgehead atoms. The van der Waals surface area contributed by atoms with Crippen LogP contribution >= 0.6 is 0 Å². The zero-order valence-electron chi connectivity index (χ0n) is 15.6. The summed E-state index contributed by atoms with van der Waals surface area (Å²) in [6, 6.07) is 4.23. The van der Waals surface area contributed by atoms with Crippen LogP contribution < -0.4 is 5.32 Å². The number of hydrogen-bond acceptors (Lipinski definition) is 2. The van der Waals surface area contributed by atoms with Crippen molar-refractivity contribution in [3.05, 3.63) is 52.2 Å². The second kappa shape index (κ2) is 6.75. The highest BCUT2D eigenvalue weighted by atomic mass is 16.1. The van der Waals surface area contributed by atoms with Gasteiger partial charge in [-0.1, -0.05) is 18.6 Å². The van der Waals surface area contributed by atoms with Gasteiger partial charge in [-0.15, -0.1) is 0 Å². The molecule has 0 fully saturated rings. The first-order valence-electron chi connectivity index (χ1n) is 8.78. The van der Waals surface area contributed by atoms with Crippen molar-refractivity contribution < 1.29 is 4.79 Å². The first kappa shape index (κ1) is 17.3. The molecule has 1 aromatic carbocycles. The van der Waals surface area contributed by atoms with Crippen molar-refractivity contribution in [1.82, 2.24) is 20.3 Å². The van der Waals surface area contributed by atoms with Crippen molar-refractivity contribution in [3.63, 3.8) is 0 Å². The van der Waals surface area contributed by atoms with Gasteiger partial charge in [0.25, 0.3) is 0 Å². The van der Waals surface area contributed by atoms with Gasteiger partial charge in [0.05, 0.1) is 12.5 Å². The highest BCUT2D eigenvalue weighted by Crippen LogP contribution is 2.27. The number of fused-ring (bicyclic) bond motifs is 1. The van der Waals surface area contributed by atoms with Gasteiger partial charge >= 0.3 is 0 Å². The van der Waals surface area contributed by atoms with Gasteiger partial charge in [0.15, 0.2) is 0 Å². The Balaban J connectivity index is 1.83. The lowest BCUT2D eigenvalue weighted by atomic mass is 10.0. The summed E-state index contributed by atoms with van der Waals surface area (Å²) in [6.07, 6.45) is 2.95. The van der Waals surface area contributed by atoms with E-state index in [0.717, 1.165) is 40.1 Å². The number of benzene rings is 1. The monoisotopic (exact) mass is 338 g/mol. The largest absolute Gasteiger partial charge is 0.358 e. The molecule has 0 saturated carbocycles. The summed E-state index contributed by atoms with van der Waals surface area (Å²) in [5.74, 6) is 0.833. The first-order valence-corrected chi connectivity index (χ1v) is 8.78. The summed E-state index contributed by atoms with van der Waals surface area (Å²) in [4.78, 5) is 23.7. The standard InChI is InChI=1S/C20H26N4O/c1-6-17(20-21-10-13(4)22-20)24-18(25)9-15-14(5)23-19-12(3)7-11(2)8-16(15)19/h7-8,10,17,23H,6,9H2,1-5H3,(H,21,22)(H,24,25)/t17-/m1/s1. The zero-order valence-corrected chi connectivity index (χ0v) is 15.6. The van der Waals surface area contributed by atoms with Gasteiger partial charge in [-0.05, 0) is 51.3 Å². The number of carbonyl (C=O) groups is 1. The third-order valence-electron chi connectivity index (χ3n) is 4.70. The van der Waals surface area contributed by atoms with Gasteiger partial charge in [0.1, 0.15) is 5.82 Å². The summed E-state index contributed by atoms with van der Waals surface area (Å²) in [5.41, 5.74) is 6.68. The van der Waals surface area contributed by atoms with Crippen LogP contribution in [-0.4, -0.2) is 20.9 Å². The maximum absolute atomic E-state index is 12.7. The highest BCUT2D eigenvalue weighted by Gasteiger charge is 2.18. The predicted molar refractivity (Wildman–Crippen MR) is 101 cm³/mol. The van der Waals surface area contributed by atoms with Crippen molar-refractivity contribution in [2.45, 2.75) is 53.5 Å². The molecule has 2 heterocycles. The number of imidazole rings is 1. The Labute approximate surface area is 148 Å². The molecule has 25 heavy (non-hydrogen) atoms. The normalized spacial score (nSPS) is 12.5. The quantitative estimate of drug-likeness (QED) is 0.659. The molecule has 3 N–H and O–H groups in total. The van der Waals surface area contributed by atoms with Crippen LogP contribution in [0.1, 0.15) is 53.3 Å². The van der Waals surface area contributed by atoms with E-state index in [2.05, 4.69) is 46.2 Å². The molecule has 5 heteroatoms. The van der Waals surface area contributed by atoms with Crippen LogP contribution in [0.5, 0.6) is 0 Å². The van der Waals surface area contributed by atoms with E-state index in [9.17, 15) is 4.79 Å². The topological polar surface area (TPSA) is 73.6 Å². The minimum Gasteiger partial charge on any atom is -0.358 e. The van der Waals surface area contributed by atoms with Crippen LogP contribution in [-0.2, 0) is 11.2 Å². The number of nitrogens with zero attached hydrogens (tertiary/aromatic N) is 1. The number of carbonyl (C=O) groups excluding carboxylic acids is 1. The van der Waals surface area contributed by atoms with Crippen LogP contribution in [0.25, 0.3) is 10.9 Å². The van der Waals surface area contributed by atoms with Gasteiger partial charge in [-0.3, -0.25) is 4.79 Å². The lowest BCUT2D eigenvalue weighted by molar-refractivity contribution is -0.121. The molecule has 1 amide bonds. The minimum atomic E-state index is -0.0878. The van der Waals surface area contributed by atoms with E-state index in [1.807, 2.05) is 20.8 Å². The molecular formula is C20H26N4O. The lowest BCUT2D eigenvalue weighted by Crippen LogP contribution is -2.30. The van der Waals surface area contributed by atoms with E-state index >= 15 is 0 Å². The Morgan fingerprint density at radius 3 is 2.60 bits per heavy atom. The molecule has 0 radical (unpaired) electrons. The van der Waals surface area contributed by atoms with E-state index in [4.69, 9.17) is 0 Å². The van der Waals surface area contributed by atoms with E-state index < -0.39 is 0 Å². The Hall–Kier alpha value is -2.56. The predicted octanol–water partition coefficient (Wildman–Crippen LogP) is 3.93. The fourth-order valence-electron chi connectivity index (χ4n) is 3.44. The summed E-state index contributed by atoms with van der Waals surface area (Å²) in [5, 5.41) is 4.25. The van der Waals surface area contributed by atoms with Crippen LogP contribution in [0.2, 0.25) is 0 Å². The Morgan fingerprint density at radius 2 is 1.96 bits per heavy atom. The molecule has 0 unspecified atom stereocenters. The zero-order chi connectivity index (χ0) is 18.1. The SMILES string of the molecule is CC[C@@H](NC(=O)Cc1c(C)[nH]c2c(C)cc(C)cc12)c1ncc(C)[nH]1. The molecule has 0 aliphatic heterocycles. The van der Waals surface area contributed by atoms with Crippen molar-refractivity contribution in [2.24, 2.45) is 0 Å². The fraction of sp³-hybridized carbons (Fsp3) is 0.400. The summed E-state index contributed by atoms with van der Waals surface area (Å²) in [7, 11) is 0. The number of aryl methyl sites for hydroxylation is 4. The maximum atomic E-state index is 12.7. The second-order valence-electron chi connectivity index (χ2n) is 6.89. The Kier molecular flexibility index (Phi) is 4.66. The second-order valence-corrected chi connectivity index (χ2v) is 6.89. The minimum absolute atomic E-state index is 0.0177. The van der Waals surface area contributed by atoms with E-state index in [1.165, 1.54) is 11.1 Å². The third-order valence-corrected chi connectivity index (χ3v) is 4.70. The molecule has 0 saturated heterocycles. The van der Waals surface area contributed by atoms with Crippen LogP contribution in [0.3, 0.4) is 0 Å². The number of aromatic nitrogens is 3. The van der Waals surface area contributed by atoms with Crippen LogP contribution in [0, 0.1) is 27.7 Å². The summed E-state index contributed by atoms with van der Waals surface area (Å²) in [6.45, 7) is 10.2.